The van der Waals surface area contributed by atoms with Crippen LogP contribution in [0.3, 0.4) is 0 Å². The normalized spacial score (nSPS) is 15.3. The number of nitrogens with zero attached hydrogens (tertiary/aromatic N) is 2. The molecule has 4 nitrogen and oxygen atoms in total. The van der Waals surface area contributed by atoms with Crippen molar-refractivity contribution in [2.24, 2.45) is 11.8 Å². The fourth-order valence-electron chi connectivity index (χ4n) is 6.04. The zero-order chi connectivity index (χ0) is 26.2. The van der Waals surface area contributed by atoms with Gasteiger partial charge in [0, 0.05) is 47.9 Å². The van der Waals surface area contributed by atoms with Crippen molar-refractivity contribution in [2.75, 3.05) is 0 Å². The summed E-state index contributed by atoms with van der Waals surface area (Å²) in [5, 5.41) is 4.24. The predicted molar refractivity (Wildman–Crippen MR) is 152 cm³/mol. The van der Waals surface area contributed by atoms with Gasteiger partial charge in [-0.25, -0.2) is 9.37 Å². The maximum Gasteiger partial charge on any atom is 0.223 e. The van der Waals surface area contributed by atoms with Crippen LogP contribution in [0, 0.1) is 17.7 Å². The number of unbranched alkanes of at least 4 members (excludes halogenated alkanes) is 1. The molecule has 5 heteroatoms. The number of nitrogens with one attached hydrogen (secondary N) is 1. The van der Waals surface area contributed by atoms with Crippen LogP contribution >= 0.6 is 0 Å². The number of hydrogen-bond donors (Lipinski definition) is 1. The van der Waals surface area contributed by atoms with Gasteiger partial charge in [-0.1, -0.05) is 80.6 Å². The number of rotatable bonds is 10. The summed E-state index contributed by atoms with van der Waals surface area (Å²) in [7, 11) is 0. The second kappa shape index (κ2) is 12.9. The molecular weight excluding hydrogens is 473 g/mol. The van der Waals surface area contributed by atoms with Gasteiger partial charge in [-0.2, -0.15) is 0 Å². The number of carbonyl (C=O) groups is 1. The Kier molecular flexibility index (Phi) is 8.85. The summed E-state index contributed by atoms with van der Waals surface area (Å²) in [4.78, 5) is 18.1. The molecule has 1 amide bonds. The van der Waals surface area contributed by atoms with Gasteiger partial charge < -0.3 is 9.88 Å². The number of aryl methyl sites for hydroxylation is 1. The van der Waals surface area contributed by atoms with E-state index in [1.807, 2.05) is 24.4 Å². The van der Waals surface area contributed by atoms with E-state index in [4.69, 9.17) is 0 Å². The number of hydrogen-bond acceptors (Lipinski definition) is 2. The summed E-state index contributed by atoms with van der Waals surface area (Å²) in [6.07, 6.45) is 14.1. The van der Waals surface area contributed by atoms with E-state index in [9.17, 15) is 9.18 Å². The van der Waals surface area contributed by atoms with Crippen LogP contribution in [0.25, 0.3) is 22.2 Å². The van der Waals surface area contributed by atoms with Gasteiger partial charge in [0.2, 0.25) is 5.91 Å². The molecule has 198 valence electrons. The lowest BCUT2D eigenvalue weighted by Crippen LogP contribution is -2.35. The maximum atomic E-state index is 14.1. The first-order valence-electron chi connectivity index (χ1n) is 14.2. The maximum absolute atomic E-state index is 14.1. The first-order chi connectivity index (χ1) is 18.7. The fraction of sp³-hybridized carbons (Fsp3) is 0.394. The summed E-state index contributed by atoms with van der Waals surface area (Å²) in [6, 6.07) is 21.3. The molecule has 1 saturated carbocycles. The SMILES string of the molecule is O=C(NCc1ccccc1F)C(CCCCn1cc(-c2ccccc2)c2cccnc21)C1CCCCCC1. The van der Waals surface area contributed by atoms with Crippen molar-refractivity contribution in [3.8, 4) is 11.1 Å². The van der Waals surface area contributed by atoms with Crippen LogP contribution in [0.2, 0.25) is 0 Å². The van der Waals surface area contributed by atoms with Gasteiger partial charge in [0.05, 0.1) is 0 Å². The molecule has 0 spiro atoms. The second-order valence-corrected chi connectivity index (χ2v) is 10.6. The summed E-state index contributed by atoms with van der Waals surface area (Å²) < 4.78 is 16.4. The molecule has 2 aromatic carbocycles. The molecule has 5 rings (SSSR count). The Hall–Kier alpha value is -3.47. The lowest BCUT2D eigenvalue weighted by molar-refractivity contribution is -0.127. The van der Waals surface area contributed by atoms with E-state index < -0.39 is 0 Å². The summed E-state index contributed by atoms with van der Waals surface area (Å²) in [5.74, 6) is 0.219. The van der Waals surface area contributed by atoms with E-state index in [2.05, 4.69) is 51.4 Å². The van der Waals surface area contributed by atoms with Crippen LogP contribution in [-0.4, -0.2) is 15.5 Å². The molecule has 2 aromatic heterocycles. The average molecular weight is 512 g/mol. The number of carbonyl (C=O) groups excluding carboxylic acids is 1. The number of amides is 1. The van der Waals surface area contributed by atoms with Crippen LogP contribution in [0.15, 0.2) is 79.1 Å². The molecule has 38 heavy (non-hydrogen) atoms. The monoisotopic (exact) mass is 511 g/mol. The predicted octanol–water partition coefficient (Wildman–Crippen LogP) is 7.92. The van der Waals surface area contributed by atoms with Crippen molar-refractivity contribution < 1.29 is 9.18 Å². The molecule has 1 N–H and O–H groups in total. The highest BCUT2D eigenvalue weighted by Crippen LogP contribution is 2.33. The highest BCUT2D eigenvalue weighted by atomic mass is 19.1. The van der Waals surface area contributed by atoms with Crippen LogP contribution in [0.1, 0.15) is 63.4 Å². The Balaban J connectivity index is 1.24. The third-order valence-corrected chi connectivity index (χ3v) is 8.10. The minimum atomic E-state index is -0.263. The van der Waals surface area contributed by atoms with Gasteiger partial charge in [-0.15, -0.1) is 0 Å². The number of halogens is 1. The van der Waals surface area contributed by atoms with Gasteiger partial charge in [-0.05, 0) is 55.4 Å². The van der Waals surface area contributed by atoms with E-state index in [-0.39, 0.29) is 24.2 Å². The third kappa shape index (κ3) is 6.32. The number of fused-ring (bicyclic) bond motifs is 1. The Bertz CT molecular complexity index is 1320. The van der Waals surface area contributed by atoms with Gasteiger partial charge in [0.1, 0.15) is 11.5 Å². The van der Waals surface area contributed by atoms with Crippen molar-refractivity contribution in [2.45, 2.75) is 70.9 Å². The van der Waals surface area contributed by atoms with Gasteiger partial charge in [0.25, 0.3) is 0 Å². The quantitative estimate of drug-likeness (QED) is 0.174. The van der Waals surface area contributed by atoms with E-state index in [1.54, 1.807) is 12.1 Å². The Morgan fingerprint density at radius 2 is 1.71 bits per heavy atom. The molecule has 2 heterocycles. The van der Waals surface area contributed by atoms with E-state index in [0.29, 0.717) is 11.5 Å². The van der Waals surface area contributed by atoms with E-state index in [1.165, 1.54) is 48.3 Å². The number of aromatic nitrogens is 2. The highest BCUT2D eigenvalue weighted by Gasteiger charge is 2.28. The Morgan fingerprint density at radius 3 is 2.50 bits per heavy atom. The van der Waals surface area contributed by atoms with Gasteiger partial charge >= 0.3 is 0 Å². The zero-order valence-electron chi connectivity index (χ0n) is 22.1. The molecule has 4 aromatic rings. The highest BCUT2D eigenvalue weighted by molar-refractivity contribution is 5.94. The number of benzene rings is 2. The van der Waals surface area contributed by atoms with Crippen molar-refractivity contribution in [1.29, 1.82) is 0 Å². The minimum absolute atomic E-state index is 0.0146. The zero-order valence-corrected chi connectivity index (χ0v) is 22.1. The topological polar surface area (TPSA) is 46.9 Å². The van der Waals surface area contributed by atoms with Crippen molar-refractivity contribution in [1.82, 2.24) is 14.9 Å². The second-order valence-electron chi connectivity index (χ2n) is 10.6. The standard InChI is InChI=1S/C33H38FN3O/c34-31-20-9-8-17-27(31)23-36-33(38)28(25-13-4-1-2-5-14-25)18-10-11-22-37-24-30(26-15-6-3-7-16-26)29-19-12-21-35-32(29)37/h3,6-9,12,15-17,19-21,24-25,28H,1-2,4-5,10-11,13-14,18,22-23H2,(H,36,38). The van der Waals surface area contributed by atoms with Crippen LogP contribution < -0.4 is 5.32 Å². The molecule has 0 saturated heterocycles. The minimum Gasteiger partial charge on any atom is -0.352 e. The van der Waals surface area contributed by atoms with Crippen molar-refractivity contribution >= 4 is 16.9 Å². The lowest BCUT2D eigenvalue weighted by atomic mass is 9.82. The van der Waals surface area contributed by atoms with Crippen molar-refractivity contribution in [3.63, 3.8) is 0 Å². The molecular formula is C33H38FN3O. The first-order valence-corrected chi connectivity index (χ1v) is 14.2. The molecule has 0 radical (unpaired) electrons. The summed E-state index contributed by atoms with van der Waals surface area (Å²) in [5.41, 5.74) is 3.96. The summed E-state index contributed by atoms with van der Waals surface area (Å²) >= 11 is 0. The lowest BCUT2D eigenvalue weighted by Gasteiger charge is -2.25. The average Bonchev–Trinajstić information content (AvgIpc) is 3.11. The van der Waals surface area contributed by atoms with Crippen LogP contribution in [0.5, 0.6) is 0 Å². The molecule has 0 bridgehead atoms. The van der Waals surface area contributed by atoms with E-state index >= 15 is 0 Å². The van der Waals surface area contributed by atoms with Gasteiger partial charge in [0.15, 0.2) is 0 Å². The molecule has 1 unspecified atom stereocenters. The molecule has 1 fully saturated rings. The molecule has 1 aliphatic rings. The van der Waals surface area contributed by atoms with Gasteiger partial charge in [-0.3, -0.25) is 4.79 Å². The largest absolute Gasteiger partial charge is 0.352 e. The first kappa shape index (κ1) is 26.1. The van der Waals surface area contributed by atoms with Crippen molar-refractivity contribution in [3.05, 3.63) is 90.5 Å². The van der Waals surface area contributed by atoms with Crippen LogP contribution in [-0.2, 0) is 17.9 Å². The Labute approximate surface area is 225 Å². The van der Waals surface area contributed by atoms with E-state index in [0.717, 1.165) is 44.3 Å². The Morgan fingerprint density at radius 1 is 0.947 bits per heavy atom. The number of pyridine rings is 1. The molecule has 1 aliphatic carbocycles. The summed E-state index contributed by atoms with van der Waals surface area (Å²) in [6.45, 7) is 1.12. The van der Waals surface area contributed by atoms with Crippen LogP contribution in [0.4, 0.5) is 4.39 Å². The molecule has 1 atom stereocenters. The fourth-order valence-corrected chi connectivity index (χ4v) is 6.04. The smallest absolute Gasteiger partial charge is 0.223 e. The molecule has 0 aliphatic heterocycles. The third-order valence-electron chi connectivity index (χ3n) is 8.10.